The molecule has 0 aliphatic rings. The second-order valence-corrected chi connectivity index (χ2v) is 5.72. The van der Waals surface area contributed by atoms with E-state index in [0.717, 1.165) is 10.0 Å². The Morgan fingerprint density at radius 3 is 2.41 bits per heavy atom. The van der Waals surface area contributed by atoms with Crippen LogP contribution in [0.5, 0.6) is 0 Å². The zero-order valence-electron chi connectivity index (χ0n) is 10.4. The Kier molecular flexibility index (Phi) is 5.15. The van der Waals surface area contributed by atoms with Crippen LogP contribution in [0.1, 0.15) is 26.3 Å². The summed E-state index contributed by atoms with van der Waals surface area (Å²) < 4.78 is 6.41. The van der Waals surface area contributed by atoms with Crippen molar-refractivity contribution >= 4 is 21.8 Å². The average Bonchev–Trinajstić information content (AvgIpc) is 2.25. The second-order valence-electron chi connectivity index (χ2n) is 4.80. The molecule has 0 aliphatic carbocycles. The molecule has 0 unspecified atom stereocenters. The van der Waals surface area contributed by atoms with E-state index in [2.05, 4.69) is 21.2 Å². The van der Waals surface area contributed by atoms with E-state index >= 15 is 0 Å². The molecule has 0 bridgehead atoms. The van der Waals surface area contributed by atoms with Crippen molar-refractivity contribution in [3.8, 4) is 0 Å². The monoisotopic (exact) mass is 299 g/mol. The highest BCUT2D eigenvalue weighted by Crippen LogP contribution is 2.10. The van der Waals surface area contributed by atoms with Gasteiger partial charge in [0.25, 0.3) is 0 Å². The Morgan fingerprint density at radius 2 is 1.88 bits per heavy atom. The standard InChI is InChI=1S/C13H18BrNO2/c1-13(2,3)17-9-12(16)15-8-10-4-6-11(14)7-5-10/h4-7H,8-9H2,1-3H3,(H,15,16). The molecule has 0 saturated heterocycles. The molecule has 94 valence electrons. The summed E-state index contributed by atoms with van der Waals surface area (Å²) in [6, 6.07) is 7.84. The van der Waals surface area contributed by atoms with Gasteiger partial charge in [0.15, 0.2) is 0 Å². The minimum absolute atomic E-state index is 0.0946. The van der Waals surface area contributed by atoms with E-state index in [0.29, 0.717) is 6.54 Å². The Balaban J connectivity index is 2.31. The minimum Gasteiger partial charge on any atom is -0.366 e. The van der Waals surface area contributed by atoms with Gasteiger partial charge in [-0.15, -0.1) is 0 Å². The van der Waals surface area contributed by atoms with Crippen molar-refractivity contribution in [1.29, 1.82) is 0 Å². The lowest BCUT2D eigenvalue weighted by atomic mass is 10.2. The Bertz CT molecular complexity index is 368. The minimum atomic E-state index is -0.283. The molecule has 0 saturated carbocycles. The molecule has 1 amide bonds. The summed E-state index contributed by atoms with van der Waals surface area (Å²) in [5.74, 6) is -0.0946. The summed E-state index contributed by atoms with van der Waals surface area (Å²) in [5, 5.41) is 2.81. The van der Waals surface area contributed by atoms with Crippen LogP contribution in [0.25, 0.3) is 0 Å². The SMILES string of the molecule is CC(C)(C)OCC(=O)NCc1ccc(Br)cc1. The third kappa shape index (κ3) is 6.44. The van der Waals surface area contributed by atoms with Crippen molar-refractivity contribution in [2.75, 3.05) is 6.61 Å². The molecule has 0 heterocycles. The maximum atomic E-state index is 11.5. The van der Waals surface area contributed by atoms with Gasteiger partial charge in [0.2, 0.25) is 5.91 Å². The van der Waals surface area contributed by atoms with Gasteiger partial charge >= 0.3 is 0 Å². The van der Waals surface area contributed by atoms with E-state index < -0.39 is 0 Å². The van der Waals surface area contributed by atoms with Gasteiger partial charge in [-0.05, 0) is 38.5 Å². The normalized spacial score (nSPS) is 11.3. The van der Waals surface area contributed by atoms with E-state index in [1.165, 1.54) is 0 Å². The third-order valence-electron chi connectivity index (χ3n) is 2.04. The molecule has 1 rings (SSSR count). The van der Waals surface area contributed by atoms with Crippen molar-refractivity contribution in [2.24, 2.45) is 0 Å². The molecule has 0 atom stereocenters. The fraction of sp³-hybridized carbons (Fsp3) is 0.462. The Hall–Kier alpha value is -0.870. The van der Waals surface area contributed by atoms with E-state index in [1.807, 2.05) is 45.0 Å². The summed E-state index contributed by atoms with van der Waals surface area (Å²) >= 11 is 3.36. The van der Waals surface area contributed by atoms with Crippen LogP contribution in [0.15, 0.2) is 28.7 Å². The van der Waals surface area contributed by atoms with Gasteiger partial charge in [0.1, 0.15) is 6.61 Å². The van der Waals surface area contributed by atoms with Crippen molar-refractivity contribution in [3.63, 3.8) is 0 Å². The van der Waals surface area contributed by atoms with Gasteiger partial charge in [0, 0.05) is 11.0 Å². The first-order valence-electron chi connectivity index (χ1n) is 5.52. The van der Waals surface area contributed by atoms with E-state index in [9.17, 15) is 4.79 Å². The van der Waals surface area contributed by atoms with Crippen molar-refractivity contribution in [3.05, 3.63) is 34.3 Å². The number of nitrogens with one attached hydrogen (secondary N) is 1. The topological polar surface area (TPSA) is 38.3 Å². The van der Waals surface area contributed by atoms with Crippen molar-refractivity contribution < 1.29 is 9.53 Å². The second kappa shape index (κ2) is 6.17. The van der Waals surface area contributed by atoms with Crippen LogP contribution in [-0.4, -0.2) is 18.1 Å². The third-order valence-corrected chi connectivity index (χ3v) is 2.57. The summed E-state index contributed by atoms with van der Waals surface area (Å²) in [5.41, 5.74) is 0.784. The number of carbonyl (C=O) groups is 1. The molecule has 4 heteroatoms. The number of amides is 1. The molecule has 0 aliphatic heterocycles. The summed E-state index contributed by atoms with van der Waals surface area (Å²) in [6.45, 7) is 6.40. The number of benzene rings is 1. The van der Waals surface area contributed by atoms with Crippen LogP contribution in [0, 0.1) is 0 Å². The van der Waals surface area contributed by atoms with Crippen LogP contribution in [-0.2, 0) is 16.1 Å². The van der Waals surface area contributed by atoms with Crippen LogP contribution >= 0.6 is 15.9 Å². The first-order valence-corrected chi connectivity index (χ1v) is 6.31. The largest absolute Gasteiger partial charge is 0.366 e. The zero-order chi connectivity index (χ0) is 12.9. The molecule has 1 aromatic carbocycles. The number of ether oxygens (including phenoxy) is 1. The molecular weight excluding hydrogens is 282 g/mol. The summed E-state index contributed by atoms with van der Waals surface area (Å²) in [4.78, 5) is 11.5. The number of hydrogen-bond acceptors (Lipinski definition) is 2. The Morgan fingerprint density at radius 1 is 1.29 bits per heavy atom. The van der Waals surface area contributed by atoms with Crippen molar-refractivity contribution in [2.45, 2.75) is 32.9 Å². The van der Waals surface area contributed by atoms with Gasteiger partial charge in [-0.2, -0.15) is 0 Å². The molecule has 0 aromatic heterocycles. The van der Waals surface area contributed by atoms with Gasteiger partial charge in [-0.3, -0.25) is 4.79 Å². The highest BCUT2D eigenvalue weighted by molar-refractivity contribution is 9.10. The molecular formula is C13H18BrNO2. The number of hydrogen-bond donors (Lipinski definition) is 1. The molecule has 3 nitrogen and oxygen atoms in total. The van der Waals surface area contributed by atoms with Gasteiger partial charge in [-0.25, -0.2) is 0 Å². The van der Waals surface area contributed by atoms with Gasteiger partial charge < -0.3 is 10.1 Å². The summed E-state index contributed by atoms with van der Waals surface area (Å²) in [7, 11) is 0. The lowest BCUT2D eigenvalue weighted by Crippen LogP contribution is -2.31. The highest BCUT2D eigenvalue weighted by Gasteiger charge is 2.12. The van der Waals surface area contributed by atoms with Crippen molar-refractivity contribution in [1.82, 2.24) is 5.32 Å². The van der Waals surface area contributed by atoms with Gasteiger partial charge in [-0.1, -0.05) is 28.1 Å². The fourth-order valence-corrected chi connectivity index (χ4v) is 1.40. The lowest BCUT2D eigenvalue weighted by molar-refractivity contribution is -0.130. The summed E-state index contributed by atoms with van der Waals surface area (Å²) in [6.07, 6.45) is 0. The maximum absolute atomic E-state index is 11.5. The average molecular weight is 300 g/mol. The highest BCUT2D eigenvalue weighted by atomic mass is 79.9. The number of rotatable bonds is 4. The van der Waals surface area contributed by atoms with E-state index in [1.54, 1.807) is 0 Å². The predicted octanol–water partition coefficient (Wildman–Crippen LogP) is 2.88. The molecule has 1 aromatic rings. The predicted molar refractivity (Wildman–Crippen MR) is 71.7 cm³/mol. The van der Waals surface area contributed by atoms with Gasteiger partial charge in [0.05, 0.1) is 5.60 Å². The van der Waals surface area contributed by atoms with Crippen LogP contribution in [0.3, 0.4) is 0 Å². The number of carbonyl (C=O) groups excluding carboxylic acids is 1. The van der Waals surface area contributed by atoms with Crippen LogP contribution in [0.2, 0.25) is 0 Å². The molecule has 0 fully saturated rings. The fourth-order valence-electron chi connectivity index (χ4n) is 1.14. The van der Waals surface area contributed by atoms with Crippen LogP contribution < -0.4 is 5.32 Å². The van der Waals surface area contributed by atoms with E-state index in [-0.39, 0.29) is 18.1 Å². The smallest absolute Gasteiger partial charge is 0.246 e. The molecule has 0 radical (unpaired) electrons. The number of halogens is 1. The maximum Gasteiger partial charge on any atom is 0.246 e. The molecule has 0 spiro atoms. The van der Waals surface area contributed by atoms with E-state index in [4.69, 9.17) is 4.74 Å². The first-order chi connectivity index (χ1) is 7.87. The first kappa shape index (κ1) is 14.2. The lowest BCUT2D eigenvalue weighted by Gasteiger charge is -2.18. The quantitative estimate of drug-likeness (QED) is 0.928. The Labute approximate surface area is 111 Å². The van der Waals surface area contributed by atoms with Crippen LogP contribution in [0.4, 0.5) is 0 Å². The molecule has 1 N–H and O–H groups in total. The molecule has 17 heavy (non-hydrogen) atoms. The zero-order valence-corrected chi connectivity index (χ0v) is 12.0.